The van der Waals surface area contributed by atoms with Crippen LogP contribution >= 0.6 is 0 Å². The van der Waals surface area contributed by atoms with Crippen molar-refractivity contribution in [3.05, 3.63) is 35.0 Å². The molecule has 0 atom stereocenters. The van der Waals surface area contributed by atoms with E-state index in [0.29, 0.717) is 6.54 Å². The van der Waals surface area contributed by atoms with Gasteiger partial charge in [0, 0.05) is 17.1 Å². The lowest BCUT2D eigenvalue weighted by Gasteiger charge is -2.01. The van der Waals surface area contributed by atoms with E-state index in [9.17, 15) is 4.79 Å². The molecular formula is C17H24N2O. The van der Waals surface area contributed by atoms with E-state index in [2.05, 4.69) is 42.3 Å². The van der Waals surface area contributed by atoms with Crippen LogP contribution in [0.2, 0.25) is 0 Å². The van der Waals surface area contributed by atoms with Crippen molar-refractivity contribution in [2.75, 3.05) is 0 Å². The van der Waals surface area contributed by atoms with Crippen LogP contribution in [-0.2, 0) is 11.3 Å². The van der Waals surface area contributed by atoms with Crippen LogP contribution in [0.4, 0.5) is 0 Å². The first-order valence-corrected chi connectivity index (χ1v) is 7.50. The van der Waals surface area contributed by atoms with Crippen molar-refractivity contribution >= 4 is 16.8 Å². The Morgan fingerprint density at radius 2 is 1.85 bits per heavy atom. The molecule has 1 fully saturated rings. The number of carbonyl (C=O) groups is 1. The minimum Gasteiger partial charge on any atom is -0.357 e. The summed E-state index contributed by atoms with van der Waals surface area (Å²) in [5.74, 6) is 0.472. The Morgan fingerprint density at radius 1 is 1.20 bits per heavy atom. The molecule has 20 heavy (non-hydrogen) atoms. The summed E-state index contributed by atoms with van der Waals surface area (Å²) >= 11 is 0. The molecule has 2 aromatic rings. The molecule has 1 saturated carbocycles. The smallest absolute Gasteiger partial charge is 0.223 e. The van der Waals surface area contributed by atoms with E-state index in [1.807, 2.05) is 13.8 Å². The van der Waals surface area contributed by atoms with Crippen molar-refractivity contribution < 1.29 is 4.79 Å². The fraction of sp³-hybridized carbons (Fsp3) is 0.471. The second-order valence-corrected chi connectivity index (χ2v) is 5.31. The molecule has 1 aliphatic rings. The highest BCUT2D eigenvalue weighted by Crippen LogP contribution is 2.28. The van der Waals surface area contributed by atoms with Crippen LogP contribution in [0.25, 0.3) is 10.9 Å². The van der Waals surface area contributed by atoms with E-state index in [4.69, 9.17) is 0 Å². The van der Waals surface area contributed by atoms with Crippen molar-refractivity contribution in [2.24, 2.45) is 5.92 Å². The lowest BCUT2D eigenvalue weighted by atomic mass is 10.1. The minimum atomic E-state index is 0.195. The summed E-state index contributed by atoms with van der Waals surface area (Å²) in [5.41, 5.74) is 4.81. The summed E-state index contributed by atoms with van der Waals surface area (Å²) in [6.07, 6.45) is 2.11. The van der Waals surface area contributed by atoms with E-state index < -0.39 is 0 Å². The van der Waals surface area contributed by atoms with Gasteiger partial charge in [0.2, 0.25) is 5.91 Å². The average molecular weight is 272 g/mol. The summed E-state index contributed by atoms with van der Waals surface area (Å²) in [5, 5.41) is 4.20. The van der Waals surface area contributed by atoms with Crippen molar-refractivity contribution in [1.29, 1.82) is 0 Å². The molecular weight excluding hydrogens is 248 g/mol. The molecule has 0 saturated heterocycles. The Balaban J connectivity index is 0.000000704. The molecule has 3 heteroatoms. The van der Waals surface area contributed by atoms with Gasteiger partial charge in [0.15, 0.2) is 0 Å². The van der Waals surface area contributed by atoms with Gasteiger partial charge < -0.3 is 10.3 Å². The predicted molar refractivity (Wildman–Crippen MR) is 83.7 cm³/mol. The summed E-state index contributed by atoms with van der Waals surface area (Å²) in [4.78, 5) is 14.9. The summed E-state index contributed by atoms with van der Waals surface area (Å²) in [6, 6.07) is 6.47. The van der Waals surface area contributed by atoms with Gasteiger partial charge in [-0.05, 0) is 61.4 Å². The maximum atomic E-state index is 11.6. The third-order valence-electron chi connectivity index (χ3n) is 3.69. The van der Waals surface area contributed by atoms with Crippen LogP contribution in [0.1, 0.15) is 43.5 Å². The zero-order chi connectivity index (χ0) is 14.7. The van der Waals surface area contributed by atoms with Crippen molar-refractivity contribution in [2.45, 2.75) is 47.1 Å². The van der Waals surface area contributed by atoms with Gasteiger partial charge in [-0.2, -0.15) is 0 Å². The molecule has 0 spiro atoms. The Hall–Kier alpha value is -1.77. The normalized spacial score (nSPS) is 13.8. The molecule has 0 unspecified atom stereocenters. The standard InChI is InChI=1S/C15H18N2O.C2H6/c1-9-5-12-7-13(17-14(12)6-10(9)2)8-16-15(18)11-3-4-11;1-2/h5-7,11,17H,3-4,8H2,1-2H3,(H,16,18);1-2H3. The molecule has 1 aromatic carbocycles. The molecule has 3 rings (SSSR count). The highest BCUT2D eigenvalue weighted by Gasteiger charge is 2.29. The molecule has 0 aliphatic heterocycles. The Morgan fingerprint density at radius 3 is 2.50 bits per heavy atom. The molecule has 0 radical (unpaired) electrons. The fourth-order valence-corrected chi connectivity index (χ4v) is 2.23. The second kappa shape index (κ2) is 6.12. The quantitative estimate of drug-likeness (QED) is 0.876. The SMILES string of the molecule is CC.Cc1cc2cc(CNC(=O)C3CC3)[nH]c2cc1C. The highest BCUT2D eigenvalue weighted by molar-refractivity contribution is 5.83. The fourth-order valence-electron chi connectivity index (χ4n) is 2.23. The first-order chi connectivity index (χ1) is 9.63. The van der Waals surface area contributed by atoms with Crippen molar-refractivity contribution in [3.8, 4) is 0 Å². The van der Waals surface area contributed by atoms with Gasteiger partial charge in [0.05, 0.1) is 6.54 Å². The third kappa shape index (κ3) is 3.21. The van der Waals surface area contributed by atoms with Gasteiger partial charge in [-0.15, -0.1) is 0 Å². The Labute approximate surface area is 120 Å². The summed E-state index contributed by atoms with van der Waals surface area (Å²) in [6.45, 7) is 8.84. The maximum Gasteiger partial charge on any atom is 0.223 e. The molecule has 3 nitrogen and oxygen atoms in total. The average Bonchev–Trinajstić information content (AvgIpc) is 3.22. The molecule has 108 valence electrons. The number of rotatable bonds is 3. The number of aryl methyl sites for hydroxylation is 2. The number of hydrogen-bond acceptors (Lipinski definition) is 1. The van der Waals surface area contributed by atoms with Gasteiger partial charge in [-0.25, -0.2) is 0 Å². The van der Waals surface area contributed by atoms with Gasteiger partial charge in [0.1, 0.15) is 0 Å². The molecule has 1 amide bonds. The van der Waals surface area contributed by atoms with E-state index in [1.165, 1.54) is 16.5 Å². The predicted octanol–water partition coefficient (Wildman–Crippen LogP) is 3.84. The molecule has 0 bridgehead atoms. The number of H-pyrrole nitrogens is 1. The van der Waals surface area contributed by atoms with E-state index >= 15 is 0 Å². The van der Waals surface area contributed by atoms with Crippen LogP contribution in [0.3, 0.4) is 0 Å². The zero-order valence-corrected chi connectivity index (χ0v) is 12.8. The number of carbonyl (C=O) groups excluding carboxylic acids is 1. The van der Waals surface area contributed by atoms with Crippen molar-refractivity contribution in [3.63, 3.8) is 0 Å². The lowest BCUT2D eigenvalue weighted by molar-refractivity contribution is -0.122. The number of aromatic amines is 1. The van der Waals surface area contributed by atoms with Crippen LogP contribution in [-0.4, -0.2) is 10.9 Å². The third-order valence-corrected chi connectivity index (χ3v) is 3.69. The summed E-state index contributed by atoms with van der Waals surface area (Å²) < 4.78 is 0. The number of amides is 1. The first-order valence-electron chi connectivity index (χ1n) is 7.50. The second-order valence-electron chi connectivity index (χ2n) is 5.31. The van der Waals surface area contributed by atoms with Gasteiger partial charge in [-0.1, -0.05) is 13.8 Å². The minimum absolute atomic E-state index is 0.195. The molecule has 1 aliphatic carbocycles. The van der Waals surface area contributed by atoms with Crippen LogP contribution < -0.4 is 5.32 Å². The number of hydrogen-bond donors (Lipinski definition) is 2. The highest BCUT2D eigenvalue weighted by atomic mass is 16.2. The number of aromatic nitrogens is 1. The topological polar surface area (TPSA) is 44.9 Å². The van der Waals surface area contributed by atoms with Crippen LogP contribution in [0.5, 0.6) is 0 Å². The number of nitrogens with one attached hydrogen (secondary N) is 2. The van der Waals surface area contributed by atoms with Crippen LogP contribution in [0, 0.1) is 19.8 Å². The zero-order valence-electron chi connectivity index (χ0n) is 12.8. The lowest BCUT2D eigenvalue weighted by Crippen LogP contribution is -2.24. The van der Waals surface area contributed by atoms with Gasteiger partial charge in [0.25, 0.3) is 0 Å². The maximum absolute atomic E-state index is 11.6. The number of fused-ring (bicyclic) bond motifs is 1. The molecule has 1 heterocycles. The van der Waals surface area contributed by atoms with Crippen LogP contribution in [0.15, 0.2) is 18.2 Å². The number of benzene rings is 1. The van der Waals surface area contributed by atoms with Gasteiger partial charge >= 0.3 is 0 Å². The Kier molecular flexibility index (Phi) is 4.48. The summed E-state index contributed by atoms with van der Waals surface area (Å²) in [7, 11) is 0. The largest absolute Gasteiger partial charge is 0.357 e. The van der Waals surface area contributed by atoms with E-state index in [-0.39, 0.29) is 11.8 Å². The monoisotopic (exact) mass is 272 g/mol. The molecule has 2 N–H and O–H groups in total. The van der Waals surface area contributed by atoms with Gasteiger partial charge in [-0.3, -0.25) is 4.79 Å². The molecule has 1 aromatic heterocycles. The first kappa shape index (κ1) is 14.6. The van der Waals surface area contributed by atoms with E-state index in [0.717, 1.165) is 24.1 Å². The van der Waals surface area contributed by atoms with E-state index in [1.54, 1.807) is 0 Å². The van der Waals surface area contributed by atoms with Crippen molar-refractivity contribution in [1.82, 2.24) is 10.3 Å². The Bertz CT molecular complexity index is 570.